The van der Waals surface area contributed by atoms with Crippen LogP contribution in [-0.4, -0.2) is 33.3 Å². The van der Waals surface area contributed by atoms with Crippen LogP contribution in [0.25, 0.3) is 33.2 Å². The lowest BCUT2D eigenvalue weighted by Gasteiger charge is -2.14. The standard InChI is InChI=1S/C29H32N6O2/c1-17(2)35-22-6-5-11-34-23-13-20(30)9-7-18(23)12-24(34)26(22)27-28(32-16-33-29(27)35)31-15-19-8-10-21(36-3)14-25(19)37-4/h7-10,12-14,16-17H,5-6,11,15,30H2,1-4H3,(H,31,32,33). The zero-order valence-corrected chi connectivity index (χ0v) is 21.7. The van der Waals surface area contributed by atoms with E-state index in [2.05, 4.69) is 46.5 Å². The Morgan fingerprint density at radius 2 is 1.92 bits per heavy atom. The number of methoxy groups -OCH3 is 2. The fourth-order valence-electron chi connectivity index (χ4n) is 5.69. The van der Waals surface area contributed by atoms with Crippen molar-refractivity contribution in [1.82, 2.24) is 19.1 Å². The van der Waals surface area contributed by atoms with Gasteiger partial charge in [0.2, 0.25) is 0 Å². The van der Waals surface area contributed by atoms with Gasteiger partial charge in [0.15, 0.2) is 0 Å². The van der Waals surface area contributed by atoms with E-state index in [1.165, 1.54) is 27.9 Å². The molecular formula is C29H32N6O2. The summed E-state index contributed by atoms with van der Waals surface area (Å²) in [7, 11) is 3.33. The Morgan fingerprint density at radius 1 is 1.05 bits per heavy atom. The number of rotatable bonds is 6. The number of nitrogen functional groups attached to an aromatic ring is 1. The predicted octanol–water partition coefficient (Wildman–Crippen LogP) is 5.79. The second kappa shape index (κ2) is 9.03. The van der Waals surface area contributed by atoms with E-state index in [9.17, 15) is 0 Å². The van der Waals surface area contributed by atoms with Crippen molar-refractivity contribution >= 4 is 33.4 Å². The van der Waals surface area contributed by atoms with Gasteiger partial charge in [0.05, 0.1) is 30.8 Å². The summed E-state index contributed by atoms with van der Waals surface area (Å²) in [6.45, 7) is 5.94. The Kier molecular flexibility index (Phi) is 5.67. The maximum Gasteiger partial charge on any atom is 0.146 e. The molecule has 8 nitrogen and oxygen atoms in total. The second-order valence-corrected chi connectivity index (χ2v) is 9.84. The van der Waals surface area contributed by atoms with Gasteiger partial charge in [-0.25, -0.2) is 9.97 Å². The monoisotopic (exact) mass is 496 g/mol. The third-order valence-corrected chi connectivity index (χ3v) is 7.32. The van der Waals surface area contributed by atoms with E-state index in [-0.39, 0.29) is 6.04 Å². The number of aryl methyl sites for hydroxylation is 1. The first-order chi connectivity index (χ1) is 18.0. The van der Waals surface area contributed by atoms with E-state index in [1.54, 1.807) is 20.5 Å². The summed E-state index contributed by atoms with van der Waals surface area (Å²) >= 11 is 0. The number of hydrogen-bond acceptors (Lipinski definition) is 6. The van der Waals surface area contributed by atoms with Gasteiger partial charge in [-0.3, -0.25) is 0 Å². The number of nitrogens with zero attached hydrogens (tertiary/aromatic N) is 4. The minimum atomic E-state index is 0.266. The largest absolute Gasteiger partial charge is 0.497 e. The molecule has 2 aromatic carbocycles. The number of benzene rings is 2. The van der Waals surface area contributed by atoms with E-state index in [0.29, 0.717) is 6.54 Å². The van der Waals surface area contributed by atoms with E-state index < -0.39 is 0 Å². The fraction of sp³-hybridized carbons (Fsp3) is 0.310. The molecule has 3 aromatic heterocycles. The van der Waals surface area contributed by atoms with Crippen LogP contribution in [0.5, 0.6) is 11.5 Å². The highest BCUT2D eigenvalue weighted by Crippen LogP contribution is 2.43. The van der Waals surface area contributed by atoms with Gasteiger partial charge in [0.1, 0.15) is 29.3 Å². The maximum absolute atomic E-state index is 6.18. The summed E-state index contributed by atoms with van der Waals surface area (Å²) in [5.41, 5.74) is 13.8. The summed E-state index contributed by atoms with van der Waals surface area (Å²) < 4.78 is 15.8. The zero-order valence-electron chi connectivity index (χ0n) is 21.7. The average Bonchev–Trinajstić information content (AvgIpc) is 3.36. The van der Waals surface area contributed by atoms with Crippen molar-refractivity contribution in [3.63, 3.8) is 0 Å². The van der Waals surface area contributed by atoms with Crippen LogP contribution in [0, 0.1) is 0 Å². The third kappa shape index (κ3) is 3.75. The van der Waals surface area contributed by atoms with E-state index in [0.717, 1.165) is 59.0 Å². The van der Waals surface area contributed by atoms with Crippen molar-refractivity contribution in [1.29, 1.82) is 0 Å². The lowest BCUT2D eigenvalue weighted by Crippen LogP contribution is -2.08. The predicted molar refractivity (Wildman–Crippen MR) is 148 cm³/mol. The van der Waals surface area contributed by atoms with Gasteiger partial charge in [-0.1, -0.05) is 6.07 Å². The first kappa shape index (κ1) is 23.2. The number of anilines is 2. The van der Waals surface area contributed by atoms with Crippen LogP contribution >= 0.6 is 0 Å². The molecule has 0 amide bonds. The molecule has 0 bridgehead atoms. The first-order valence-corrected chi connectivity index (χ1v) is 12.7. The topological polar surface area (TPSA) is 92.2 Å². The van der Waals surface area contributed by atoms with Gasteiger partial charge in [-0.2, -0.15) is 0 Å². The van der Waals surface area contributed by atoms with Gasteiger partial charge in [0.25, 0.3) is 0 Å². The third-order valence-electron chi connectivity index (χ3n) is 7.32. The zero-order chi connectivity index (χ0) is 25.7. The molecule has 0 fully saturated rings. The Hall–Kier alpha value is -4.20. The van der Waals surface area contributed by atoms with Gasteiger partial charge >= 0.3 is 0 Å². The number of nitrogens with one attached hydrogen (secondary N) is 1. The highest BCUT2D eigenvalue weighted by molar-refractivity contribution is 6.05. The van der Waals surface area contributed by atoms with Crippen molar-refractivity contribution in [2.45, 2.75) is 45.8 Å². The lowest BCUT2D eigenvalue weighted by molar-refractivity contribution is 0.391. The van der Waals surface area contributed by atoms with Crippen LogP contribution < -0.4 is 20.5 Å². The SMILES string of the molecule is COc1ccc(CNc2ncnc3c2c2c(n3C(C)C)CCCn3c-2cc2ccc(N)cc23)c(OC)c1. The van der Waals surface area contributed by atoms with Gasteiger partial charge in [-0.15, -0.1) is 0 Å². The van der Waals surface area contributed by atoms with E-state index in [1.807, 2.05) is 24.3 Å². The molecular weight excluding hydrogens is 464 g/mol. The van der Waals surface area contributed by atoms with Gasteiger partial charge in [-0.05, 0) is 57.0 Å². The van der Waals surface area contributed by atoms with E-state index >= 15 is 0 Å². The molecule has 4 heterocycles. The molecule has 1 aliphatic rings. The van der Waals surface area contributed by atoms with Crippen molar-refractivity contribution in [2.75, 3.05) is 25.3 Å². The van der Waals surface area contributed by atoms with Gasteiger partial charge in [0, 0.05) is 53.1 Å². The number of nitrogens with two attached hydrogens (primary N) is 1. The smallest absolute Gasteiger partial charge is 0.146 e. The normalized spacial score (nSPS) is 13.0. The molecule has 0 aliphatic carbocycles. The number of aromatic nitrogens is 4. The molecule has 6 rings (SSSR count). The van der Waals surface area contributed by atoms with Crippen molar-refractivity contribution in [3.05, 3.63) is 60.0 Å². The summed E-state index contributed by atoms with van der Waals surface area (Å²) in [5, 5.41) is 5.84. The maximum atomic E-state index is 6.18. The van der Waals surface area contributed by atoms with Crippen LogP contribution in [0.1, 0.15) is 37.6 Å². The van der Waals surface area contributed by atoms with E-state index in [4.69, 9.17) is 25.2 Å². The van der Waals surface area contributed by atoms with Crippen LogP contribution in [0.2, 0.25) is 0 Å². The highest BCUT2D eigenvalue weighted by atomic mass is 16.5. The number of fused-ring (bicyclic) bond motifs is 7. The Labute approximate surface area is 216 Å². The molecule has 0 saturated heterocycles. The summed E-state index contributed by atoms with van der Waals surface area (Å²) in [5.74, 6) is 2.35. The molecule has 1 aliphatic heterocycles. The molecule has 0 radical (unpaired) electrons. The summed E-state index contributed by atoms with van der Waals surface area (Å²) in [6.07, 6.45) is 3.67. The molecule has 8 heteroatoms. The molecule has 190 valence electrons. The van der Waals surface area contributed by atoms with Crippen LogP contribution in [0.3, 0.4) is 0 Å². The first-order valence-electron chi connectivity index (χ1n) is 12.7. The molecule has 0 spiro atoms. The van der Waals surface area contributed by atoms with Crippen LogP contribution in [0.15, 0.2) is 48.8 Å². The van der Waals surface area contributed by atoms with Crippen LogP contribution in [0.4, 0.5) is 11.5 Å². The molecule has 0 atom stereocenters. The average molecular weight is 497 g/mol. The number of ether oxygens (including phenoxy) is 2. The van der Waals surface area contributed by atoms with Crippen LogP contribution in [-0.2, 0) is 19.5 Å². The summed E-state index contributed by atoms with van der Waals surface area (Å²) in [4.78, 5) is 9.53. The molecule has 5 aromatic rings. The van der Waals surface area contributed by atoms with Crippen molar-refractivity contribution < 1.29 is 9.47 Å². The van der Waals surface area contributed by atoms with Gasteiger partial charge < -0.3 is 29.7 Å². The minimum absolute atomic E-state index is 0.266. The quantitative estimate of drug-likeness (QED) is 0.289. The molecule has 0 unspecified atom stereocenters. The summed E-state index contributed by atoms with van der Waals surface area (Å²) in [6, 6.07) is 14.6. The Morgan fingerprint density at radius 3 is 2.70 bits per heavy atom. The molecule has 3 N–H and O–H groups in total. The number of hydrogen-bond donors (Lipinski definition) is 2. The van der Waals surface area contributed by atoms with Crippen molar-refractivity contribution in [3.8, 4) is 22.8 Å². The molecule has 37 heavy (non-hydrogen) atoms. The molecule has 0 saturated carbocycles. The highest BCUT2D eigenvalue weighted by Gasteiger charge is 2.28. The Balaban J connectivity index is 1.54. The Bertz CT molecular complexity index is 1630. The fourth-order valence-corrected chi connectivity index (χ4v) is 5.69. The lowest BCUT2D eigenvalue weighted by atomic mass is 10.1. The second-order valence-electron chi connectivity index (χ2n) is 9.84. The van der Waals surface area contributed by atoms with Crippen molar-refractivity contribution in [2.24, 2.45) is 0 Å². The minimum Gasteiger partial charge on any atom is -0.497 e.